The van der Waals surface area contributed by atoms with E-state index >= 15 is 0 Å². The lowest BCUT2D eigenvalue weighted by Gasteiger charge is -2.00. The molecule has 1 amide bonds. The number of thiazole rings is 1. The normalized spacial score (nSPS) is 16.3. The summed E-state index contributed by atoms with van der Waals surface area (Å²) in [6.45, 7) is 0. The number of hydrogen-bond acceptors (Lipinski definition) is 6. The molecule has 1 fully saturated rings. The average Bonchev–Trinajstić information content (AvgIpc) is 3.06. The molecule has 1 aliphatic heterocycles. The van der Waals surface area contributed by atoms with Gasteiger partial charge >= 0.3 is 0 Å². The predicted molar refractivity (Wildman–Crippen MR) is 90.4 cm³/mol. The maximum absolute atomic E-state index is 11.6. The molecule has 21 heavy (non-hydrogen) atoms. The van der Waals surface area contributed by atoms with Gasteiger partial charge in [0.1, 0.15) is 15.1 Å². The van der Waals surface area contributed by atoms with E-state index in [0.29, 0.717) is 9.23 Å². The van der Waals surface area contributed by atoms with E-state index in [1.54, 1.807) is 13.2 Å². The monoisotopic (exact) mass is 334 g/mol. The molecule has 1 aliphatic rings. The van der Waals surface area contributed by atoms with Crippen LogP contribution in [-0.2, 0) is 4.79 Å². The average molecular weight is 334 g/mol. The number of rotatable bonds is 3. The Bertz CT molecular complexity index is 752. The topological polar surface area (TPSA) is 51.2 Å². The number of nitrogens with one attached hydrogen (secondary N) is 1. The third-order valence-electron chi connectivity index (χ3n) is 2.76. The highest BCUT2D eigenvalue weighted by molar-refractivity contribution is 8.26. The van der Waals surface area contributed by atoms with Crippen LogP contribution in [0.5, 0.6) is 5.75 Å². The molecule has 0 radical (unpaired) electrons. The van der Waals surface area contributed by atoms with Crippen molar-refractivity contribution in [3.05, 3.63) is 40.2 Å². The van der Waals surface area contributed by atoms with Crippen molar-refractivity contribution in [2.45, 2.75) is 0 Å². The molecule has 2 heterocycles. The van der Waals surface area contributed by atoms with E-state index in [2.05, 4.69) is 10.3 Å². The van der Waals surface area contributed by atoms with Gasteiger partial charge in [0, 0.05) is 10.9 Å². The van der Waals surface area contributed by atoms with Crippen molar-refractivity contribution in [3.63, 3.8) is 0 Å². The molecule has 1 aromatic carbocycles. The van der Waals surface area contributed by atoms with Gasteiger partial charge in [0.15, 0.2) is 0 Å². The fourth-order valence-corrected chi connectivity index (χ4v) is 3.60. The van der Waals surface area contributed by atoms with Crippen molar-refractivity contribution in [1.82, 2.24) is 10.3 Å². The predicted octanol–water partition coefficient (Wildman–Crippen LogP) is 3.31. The fraction of sp³-hybridized carbons (Fsp3) is 0.0714. The van der Waals surface area contributed by atoms with Gasteiger partial charge < -0.3 is 10.1 Å². The Balaban J connectivity index is 1.88. The highest BCUT2D eigenvalue weighted by atomic mass is 32.2. The van der Waals surface area contributed by atoms with Gasteiger partial charge in [-0.25, -0.2) is 4.98 Å². The second kappa shape index (κ2) is 5.97. The fourth-order valence-electron chi connectivity index (χ4n) is 1.80. The summed E-state index contributed by atoms with van der Waals surface area (Å²) >= 11 is 7.74. The van der Waals surface area contributed by atoms with E-state index in [-0.39, 0.29) is 5.91 Å². The van der Waals surface area contributed by atoms with Crippen LogP contribution < -0.4 is 10.1 Å². The first-order valence-corrected chi connectivity index (χ1v) is 8.11. The van der Waals surface area contributed by atoms with Crippen LogP contribution in [0.15, 0.2) is 34.6 Å². The van der Waals surface area contributed by atoms with Gasteiger partial charge in [0.05, 0.1) is 17.7 Å². The molecule has 0 atom stereocenters. The number of hydrogen-bond donors (Lipinski definition) is 1. The molecule has 1 aromatic heterocycles. The van der Waals surface area contributed by atoms with E-state index in [4.69, 9.17) is 17.0 Å². The Morgan fingerprint density at radius 2 is 2.29 bits per heavy atom. The van der Waals surface area contributed by atoms with E-state index in [0.717, 1.165) is 22.0 Å². The zero-order valence-electron chi connectivity index (χ0n) is 11.0. The summed E-state index contributed by atoms with van der Waals surface area (Å²) in [6, 6.07) is 7.72. The second-order valence-corrected chi connectivity index (χ2v) is 6.74. The molecule has 7 heteroatoms. The van der Waals surface area contributed by atoms with Crippen LogP contribution >= 0.6 is 35.3 Å². The molecule has 3 rings (SSSR count). The molecule has 0 saturated carbocycles. The third-order valence-corrected chi connectivity index (χ3v) is 4.83. The number of carbonyl (C=O) groups is 1. The summed E-state index contributed by atoms with van der Waals surface area (Å²) in [4.78, 5) is 16.7. The number of methoxy groups -OCH3 is 1. The molecular formula is C14H10N2O2S3. The number of amides is 1. The number of benzene rings is 1. The Morgan fingerprint density at radius 1 is 1.43 bits per heavy atom. The summed E-state index contributed by atoms with van der Waals surface area (Å²) in [5, 5.41) is 5.38. The van der Waals surface area contributed by atoms with Gasteiger partial charge in [0.2, 0.25) is 0 Å². The van der Waals surface area contributed by atoms with Crippen LogP contribution in [0.25, 0.3) is 16.6 Å². The van der Waals surface area contributed by atoms with E-state index in [1.807, 2.05) is 29.6 Å². The quantitative estimate of drug-likeness (QED) is 0.689. The van der Waals surface area contributed by atoms with Crippen molar-refractivity contribution < 1.29 is 9.53 Å². The molecule has 0 aliphatic carbocycles. The van der Waals surface area contributed by atoms with Gasteiger partial charge in [0.25, 0.3) is 5.91 Å². The van der Waals surface area contributed by atoms with Gasteiger partial charge in [-0.15, -0.1) is 11.3 Å². The largest absolute Gasteiger partial charge is 0.497 e. The minimum Gasteiger partial charge on any atom is -0.497 e. The number of aromatic nitrogens is 1. The van der Waals surface area contributed by atoms with Crippen LogP contribution in [0.3, 0.4) is 0 Å². The lowest BCUT2D eigenvalue weighted by atomic mass is 10.2. The van der Waals surface area contributed by atoms with Gasteiger partial charge in [-0.2, -0.15) is 0 Å². The van der Waals surface area contributed by atoms with Crippen LogP contribution in [0.4, 0.5) is 0 Å². The minimum atomic E-state index is -0.166. The third kappa shape index (κ3) is 3.15. The smallest absolute Gasteiger partial charge is 0.263 e. The van der Waals surface area contributed by atoms with E-state index in [1.165, 1.54) is 23.1 Å². The SMILES string of the molecule is COc1cccc(-c2nc(/C=C3\SC(=S)NC3=O)cs2)c1. The standard InChI is InChI=1S/C14H10N2O2S3/c1-18-10-4-2-3-8(5-10)13-15-9(7-20-13)6-11-12(17)16-14(19)21-11/h2-7H,1H3,(H,16,17,19)/b11-6-. The maximum Gasteiger partial charge on any atom is 0.263 e. The van der Waals surface area contributed by atoms with E-state index in [9.17, 15) is 4.79 Å². The first-order chi connectivity index (χ1) is 10.2. The maximum atomic E-state index is 11.6. The first-order valence-electron chi connectivity index (χ1n) is 6.00. The Kier molecular flexibility index (Phi) is 4.05. The van der Waals surface area contributed by atoms with Gasteiger partial charge in [-0.05, 0) is 18.2 Å². The van der Waals surface area contributed by atoms with Crippen LogP contribution in [0.2, 0.25) is 0 Å². The second-order valence-electron chi connectivity index (χ2n) is 4.16. The van der Waals surface area contributed by atoms with Crippen molar-refractivity contribution in [1.29, 1.82) is 0 Å². The van der Waals surface area contributed by atoms with Gasteiger partial charge in [-0.3, -0.25) is 4.79 Å². The number of thioether (sulfide) groups is 1. The van der Waals surface area contributed by atoms with Crippen LogP contribution in [0, 0.1) is 0 Å². The number of ether oxygens (including phenoxy) is 1. The number of carbonyl (C=O) groups excluding carboxylic acids is 1. The van der Waals surface area contributed by atoms with Gasteiger partial charge in [-0.1, -0.05) is 36.1 Å². The van der Waals surface area contributed by atoms with Crippen LogP contribution in [-0.4, -0.2) is 22.3 Å². The molecule has 4 nitrogen and oxygen atoms in total. The summed E-state index contributed by atoms with van der Waals surface area (Å²) < 4.78 is 5.69. The summed E-state index contributed by atoms with van der Waals surface area (Å²) in [6.07, 6.45) is 1.75. The molecule has 0 unspecified atom stereocenters. The molecule has 2 aromatic rings. The van der Waals surface area contributed by atoms with Crippen molar-refractivity contribution in [2.24, 2.45) is 0 Å². The summed E-state index contributed by atoms with van der Waals surface area (Å²) in [7, 11) is 1.63. The zero-order valence-corrected chi connectivity index (χ0v) is 13.4. The van der Waals surface area contributed by atoms with Crippen molar-refractivity contribution in [3.8, 4) is 16.3 Å². The molecule has 1 saturated heterocycles. The highest BCUT2D eigenvalue weighted by Gasteiger charge is 2.22. The number of thiocarbonyl (C=S) groups is 1. The highest BCUT2D eigenvalue weighted by Crippen LogP contribution is 2.30. The minimum absolute atomic E-state index is 0.166. The molecule has 106 valence electrons. The van der Waals surface area contributed by atoms with Crippen LogP contribution in [0.1, 0.15) is 5.69 Å². The molecular weight excluding hydrogens is 324 g/mol. The molecule has 0 bridgehead atoms. The number of nitrogens with zero attached hydrogens (tertiary/aromatic N) is 1. The Morgan fingerprint density at radius 3 is 3.00 bits per heavy atom. The molecule has 0 spiro atoms. The Hall–Kier alpha value is -1.70. The Labute approximate surface area is 135 Å². The zero-order chi connectivity index (χ0) is 14.8. The lowest BCUT2D eigenvalue weighted by Crippen LogP contribution is -2.17. The summed E-state index contributed by atoms with van der Waals surface area (Å²) in [5.74, 6) is 0.625. The summed E-state index contributed by atoms with van der Waals surface area (Å²) in [5.41, 5.74) is 1.74. The first kappa shape index (κ1) is 14.2. The van der Waals surface area contributed by atoms with Crippen molar-refractivity contribution >= 4 is 51.6 Å². The van der Waals surface area contributed by atoms with Crippen molar-refractivity contribution in [2.75, 3.05) is 7.11 Å². The molecule has 1 N–H and O–H groups in total. The van der Waals surface area contributed by atoms with E-state index < -0.39 is 0 Å². The lowest BCUT2D eigenvalue weighted by molar-refractivity contribution is -0.115.